The highest BCUT2D eigenvalue weighted by Gasteiger charge is 2.47. The third kappa shape index (κ3) is 2.95. The summed E-state index contributed by atoms with van der Waals surface area (Å²) in [6.45, 7) is 2.19. The number of carbonyl (C=O) groups is 1. The molecule has 1 aromatic rings. The fraction of sp³-hybridized carbons (Fsp3) is 0.588. The fourth-order valence-electron chi connectivity index (χ4n) is 3.91. The fourth-order valence-corrected chi connectivity index (χ4v) is 3.91. The summed E-state index contributed by atoms with van der Waals surface area (Å²) < 4.78 is 6.11. The van der Waals surface area contributed by atoms with E-state index in [1.807, 2.05) is 4.90 Å². The maximum atomic E-state index is 12.6. The summed E-state index contributed by atoms with van der Waals surface area (Å²) in [5.74, 6) is 1.22. The van der Waals surface area contributed by atoms with Gasteiger partial charge in [-0.2, -0.15) is 0 Å². The van der Waals surface area contributed by atoms with E-state index in [1.165, 1.54) is 0 Å². The minimum atomic E-state index is -0.179. The highest BCUT2D eigenvalue weighted by molar-refractivity contribution is 5.80. The number of carbonyl (C=O) groups excluding carboxylic acids is 1. The lowest BCUT2D eigenvalue weighted by Crippen LogP contribution is -2.38. The van der Waals surface area contributed by atoms with Crippen LogP contribution in [0.3, 0.4) is 0 Å². The van der Waals surface area contributed by atoms with Crippen molar-refractivity contribution in [2.45, 2.75) is 37.3 Å². The number of nitrogens with zero attached hydrogens (tertiary/aromatic N) is 3. The number of hydrogen-bond acceptors (Lipinski definition) is 5. The first-order valence-electron chi connectivity index (χ1n) is 8.34. The zero-order valence-corrected chi connectivity index (χ0v) is 13.1. The molecule has 1 N–H and O–H groups in total. The van der Waals surface area contributed by atoms with E-state index in [9.17, 15) is 4.79 Å². The number of anilines is 1. The Morgan fingerprint density at radius 3 is 3.00 bits per heavy atom. The van der Waals surface area contributed by atoms with Crippen molar-refractivity contribution >= 4 is 11.7 Å². The van der Waals surface area contributed by atoms with Gasteiger partial charge in [-0.15, -0.1) is 0 Å². The van der Waals surface area contributed by atoms with E-state index in [1.54, 1.807) is 18.6 Å². The first-order chi connectivity index (χ1) is 11.2. The maximum absolute atomic E-state index is 12.6. The average molecular weight is 314 g/mol. The monoisotopic (exact) mass is 314 g/mol. The second kappa shape index (κ2) is 5.92. The van der Waals surface area contributed by atoms with E-state index in [2.05, 4.69) is 27.4 Å². The van der Waals surface area contributed by atoms with E-state index in [4.69, 9.17) is 4.74 Å². The van der Waals surface area contributed by atoms with Gasteiger partial charge in [0.2, 0.25) is 5.91 Å². The number of allylic oxidation sites excluding steroid dienone is 2. The largest absolute Gasteiger partial charge is 0.371 e. The highest BCUT2D eigenvalue weighted by atomic mass is 16.5. The maximum Gasteiger partial charge on any atom is 0.226 e. The number of nitrogens with one attached hydrogen (secondary N) is 1. The Hall–Kier alpha value is -1.95. The molecule has 6 heteroatoms. The smallest absolute Gasteiger partial charge is 0.226 e. The Kier molecular flexibility index (Phi) is 3.77. The Bertz CT molecular complexity index is 598. The van der Waals surface area contributed by atoms with Gasteiger partial charge in [0.25, 0.3) is 0 Å². The molecule has 2 fully saturated rings. The van der Waals surface area contributed by atoms with Gasteiger partial charge in [0.05, 0.1) is 24.4 Å². The van der Waals surface area contributed by atoms with Gasteiger partial charge < -0.3 is 15.0 Å². The minimum Gasteiger partial charge on any atom is -0.371 e. The van der Waals surface area contributed by atoms with Gasteiger partial charge in [0, 0.05) is 37.8 Å². The van der Waals surface area contributed by atoms with Crippen molar-refractivity contribution in [3.05, 3.63) is 30.7 Å². The Morgan fingerprint density at radius 2 is 2.22 bits per heavy atom. The van der Waals surface area contributed by atoms with Gasteiger partial charge >= 0.3 is 0 Å². The number of aromatic nitrogens is 2. The molecule has 2 atom stereocenters. The Morgan fingerprint density at radius 1 is 1.35 bits per heavy atom. The lowest BCUT2D eigenvalue weighted by Gasteiger charge is -2.25. The summed E-state index contributed by atoms with van der Waals surface area (Å²) in [5, 5.41) is 3.38. The normalized spacial score (nSPS) is 30.4. The van der Waals surface area contributed by atoms with Gasteiger partial charge in [-0.05, 0) is 19.3 Å². The molecule has 1 aromatic heterocycles. The van der Waals surface area contributed by atoms with E-state index in [-0.39, 0.29) is 17.6 Å². The summed E-state index contributed by atoms with van der Waals surface area (Å²) in [4.78, 5) is 22.9. The summed E-state index contributed by atoms with van der Waals surface area (Å²) in [6.07, 6.45) is 12.9. The molecular weight excluding hydrogens is 292 g/mol. The predicted octanol–water partition coefficient (Wildman–Crippen LogP) is 1.61. The van der Waals surface area contributed by atoms with Crippen LogP contribution in [-0.2, 0) is 9.53 Å². The molecule has 2 saturated heterocycles. The lowest BCUT2D eigenvalue weighted by molar-refractivity contribution is -0.135. The third-order valence-electron chi connectivity index (χ3n) is 5.11. The van der Waals surface area contributed by atoms with Crippen LogP contribution < -0.4 is 5.32 Å². The number of ether oxygens (including phenoxy) is 1. The van der Waals surface area contributed by atoms with Gasteiger partial charge in [-0.3, -0.25) is 9.78 Å². The van der Waals surface area contributed by atoms with Crippen molar-refractivity contribution in [3.8, 4) is 0 Å². The van der Waals surface area contributed by atoms with Gasteiger partial charge in [0.1, 0.15) is 5.82 Å². The van der Waals surface area contributed by atoms with Crippen LogP contribution in [0.4, 0.5) is 5.82 Å². The molecular formula is C17H22N4O2. The summed E-state index contributed by atoms with van der Waals surface area (Å²) in [6, 6.07) is 0.231. The zero-order chi connectivity index (χ0) is 15.7. The summed E-state index contributed by atoms with van der Waals surface area (Å²) >= 11 is 0. The second-order valence-corrected chi connectivity index (χ2v) is 6.78. The molecule has 6 nitrogen and oxygen atoms in total. The summed E-state index contributed by atoms with van der Waals surface area (Å²) in [7, 11) is 0. The van der Waals surface area contributed by atoms with Crippen molar-refractivity contribution in [1.82, 2.24) is 14.9 Å². The molecule has 0 aromatic carbocycles. The summed E-state index contributed by atoms with van der Waals surface area (Å²) in [5.41, 5.74) is -0.179. The third-order valence-corrected chi connectivity index (χ3v) is 5.11. The predicted molar refractivity (Wildman–Crippen MR) is 85.8 cm³/mol. The van der Waals surface area contributed by atoms with Gasteiger partial charge in [-0.1, -0.05) is 12.2 Å². The van der Waals surface area contributed by atoms with Crippen molar-refractivity contribution in [1.29, 1.82) is 0 Å². The van der Waals surface area contributed by atoms with Crippen LogP contribution in [0.1, 0.15) is 25.7 Å². The van der Waals surface area contributed by atoms with E-state index >= 15 is 0 Å². The topological polar surface area (TPSA) is 67.4 Å². The number of rotatable bonds is 3. The van der Waals surface area contributed by atoms with Crippen molar-refractivity contribution in [2.75, 3.05) is 25.0 Å². The number of amides is 1. The molecule has 4 rings (SSSR count). The molecule has 1 amide bonds. The molecule has 3 aliphatic rings. The van der Waals surface area contributed by atoms with E-state index in [0.29, 0.717) is 12.5 Å². The first-order valence-corrected chi connectivity index (χ1v) is 8.34. The lowest BCUT2D eigenvalue weighted by atomic mass is 9.97. The molecule has 2 aliphatic heterocycles. The molecule has 0 unspecified atom stereocenters. The Labute approximate surface area is 135 Å². The Balaban J connectivity index is 1.35. The highest BCUT2D eigenvalue weighted by Crippen LogP contribution is 2.37. The van der Waals surface area contributed by atoms with Gasteiger partial charge in [0.15, 0.2) is 0 Å². The molecule has 23 heavy (non-hydrogen) atoms. The molecule has 1 aliphatic carbocycles. The SMILES string of the molecule is O=C(C1CC=CC1)N1CC[C@]2(C[C@@H](Nc3cnccn3)CO2)C1. The molecule has 0 saturated carbocycles. The van der Waals surface area contributed by atoms with Crippen molar-refractivity contribution in [2.24, 2.45) is 5.92 Å². The number of hydrogen-bond donors (Lipinski definition) is 1. The molecule has 3 heterocycles. The van der Waals surface area contributed by atoms with Crippen LogP contribution in [0.5, 0.6) is 0 Å². The quantitative estimate of drug-likeness (QED) is 0.859. The van der Waals surface area contributed by atoms with E-state index in [0.717, 1.165) is 44.6 Å². The standard InChI is InChI=1S/C17H22N4O2/c22-16(13-3-1-2-4-13)21-8-5-17(12-21)9-14(11-23-17)20-15-10-18-6-7-19-15/h1-2,6-7,10,13-14H,3-5,8-9,11-12H2,(H,19,20)/t14-,17+/m1/s1. The molecule has 1 spiro atoms. The number of likely N-dealkylation sites (tertiary alicyclic amines) is 1. The van der Waals surface area contributed by atoms with Crippen LogP contribution in [0.25, 0.3) is 0 Å². The minimum absolute atomic E-state index is 0.153. The van der Waals surface area contributed by atoms with Crippen LogP contribution in [-0.4, -0.2) is 52.1 Å². The second-order valence-electron chi connectivity index (χ2n) is 6.78. The van der Waals surface area contributed by atoms with E-state index < -0.39 is 0 Å². The zero-order valence-electron chi connectivity index (χ0n) is 13.1. The first kappa shape index (κ1) is 14.6. The van der Waals surface area contributed by atoms with Crippen LogP contribution in [0.15, 0.2) is 30.7 Å². The molecule has 0 radical (unpaired) electrons. The van der Waals surface area contributed by atoms with Crippen LogP contribution in [0.2, 0.25) is 0 Å². The van der Waals surface area contributed by atoms with Crippen LogP contribution >= 0.6 is 0 Å². The van der Waals surface area contributed by atoms with Crippen molar-refractivity contribution in [3.63, 3.8) is 0 Å². The van der Waals surface area contributed by atoms with Gasteiger partial charge in [-0.25, -0.2) is 4.98 Å². The van der Waals surface area contributed by atoms with Crippen molar-refractivity contribution < 1.29 is 9.53 Å². The molecule has 0 bridgehead atoms. The molecule has 122 valence electrons. The average Bonchev–Trinajstić information content (AvgIpc) is 3.31. The van der Waals surface area contributed by atoms with Crippen LogP contribution in [0, 0.1) is 5.92 Å².